The van der Waals surface area contributed by atoms with Gasteiger partial charge in [0.2, 0.25) is 0 Å². The Kier molecular flexibility index (Phi) is 3.85. The maximum atomic E-state index is 5.04. The number of hydrogen-bond donors (Lipinski definition) is 0. The van der Waals surface area contributed by atoms with E-state index >= 15 is 0 Å². The van der Waals surface area contributed by atoms with Crippen molar-refractivity contribution >= 4 is 11.2 Å². The average molecular weight is 313 g/mol. The summed E-state index contributed by atoms with van der Waals surface area (Å²) >= 11 is 0. The molecule has 5 nitrogen and oxygen atoms in total. The smallest absolute Gasteiger partial charge is 0.160 e. The fraction of sp³-hybridized carbons (Fsp3) is 0.667. The summed E-state index contributed by atoms with van der Waals surface area (Å²) in [6.07, 6.45) is 5.58. The van der Waals surface area contributed by atoms with Gasteiger partial charge in [0.15, 0.2) is 5.65 Å². The van der Waals surface area contributed by atoms with Gasteiger partial charge in [-0.05, 0) is 65.4 Å². The standard InChI is InChI=1S/C18H27N5/c1-13(2)22-10-5-7-16(22)18-20-15-6-4-9-19-17(15)23(18)14-8-11-21(3)12-14/h4,6,9,13-14,16H,5,7-8,10-12H2,1-3H3. The van der Waals surface area contributed by atoms with Crippen molar-refractivity contribution in [1.29, 1.82) is 0 Å². The molecule has 0 aromatic carbocycles. The van der Waals surface area contributed by atoms with E-state index in [1.807, 2.05) is 12.3 Å². The third-order valence-corrected chi connectivity index (χ3v) is 5.46. The van der Waals surface area contributed by atoms with Crippen LogP contribution in [-0.4, -0.2) is 57.1 Å². The molecule has 0 spiro atoms. The number of hydrogen-bond acceptors (Lipinski definition) is 4. The lowest BCUT2D eigenvalue weighted by molar-refractivity contribution is 0.193. The fourth-order valence-electron chi connectivity index (χ4n) is 4.35. The number of likely N-dealkylation sites (N-methyl/N-ethyl adjacent to an activating group) is 1. The molecule has 2 unspecified atom stereocenters. The van der Waals surface area contributed by atoms with Crippen LogP contribution in [0.1, 0.15) is 51.0 Å². The molecule has 2 aliphatic rings. The Hall–Kier alpha value is -1.46. The van der Waals surface area contributed by atoms with Crippen molar-refractivity contribution < 1.29 is 0 Å². The minimum Gasteiger partial charge on any atom is -0.307 e. The highest BCUT2D eigenvalue weighted by Gasteiger charge is 2.35. The first-order valence-electron chi connectivity index (χ1n) is 8.92. The van der Waals surface area contributed by atoms with Crippen LogP contribution in [0, 0.1) is 0 Å². The topological polar surface area (TPSA) is 37.2 Å². The Morgan fingerprint density at radius 2 is 2.09 bits per heavy atom. The normalized spacial score (nSPS) is 26.8. The van der Waals surface area contributed by atoms with Crippen LogP contribution in [0.15, 0.2) is 18.3 Å². The van der Waals surface area contributed by atoms with E-state index in [1.54, 1.807) is 0 Å². The molecule has 4 heterocycles. The van der Waals surface area contributed by atoms with Gasteiger partial charge in [0.1, 0.15) is 11.3 Å². The predicted octanol–water partition coefficient (Wildman–Crippen LogP) is 2.85. The SMILES string of the molecule is CC(C)N1CCCC1c1nc2cccnc2n1C1CCN(C)C1. The van der Waals surface area contributed by atoms with E-state index in [4.69, 9.17) is 4.98 Å². The fourth-order valence-corrected chi connectivity index (χ4v) is 4.35. The Morgan fingerprint density at radius 3 is 2.83 bits per heavy atom. The van der Waals surface area contributed by atoms with Crippen molar-refractivity contribution in [2.45, 2.75) is 51.2 Å². The summed E-state index contributed by atoms with van der Waals surface area (Å²) in [6.45, 7) is 8.04. The molecule has 5 heteroatoms. The van der Waals surface area contributed by atoms with Crippen LogP contribution in [0.4, 0.5) is 0 Å². The molecular formula is C18H27N5. The molecule has 23 heavy (non-hydrogen) atoms. The van der Waals surface area contributed by atoms with E-state index in [2.05, 4.69) is 46.3 Å². The third-order valence-electron chi connectivity index (χ3n) is 5.46. The zero-order valence-corrected chi connectivity index (χ0v) is 14.4. The molecule has 2 saturated heterocycles. The van der Waals surface area contributed by atoms with Crippen molar-refractivity contribution in [3.8, 4) is 0 Å². The molecule has 4 rings (SSSR count). The number of rotatable bonds is 3. The highest BCUT2D eigenvalue weighted by Crippen LogP contribution is 2.37. The van der Waals surface area contributed by atoms with Crippen molar-refractivity contribution in [2.75, 3.05) is 26.7 Å². The first kappa shape index (κ1) is 15.1. The lowest BCUT2D eigenvalue weighted by atomic mass is 10.1. The van der Waals surface area contributed by atoms with Crippen molar-refractivity contribution in [2.24, 2.45) is 0 Å². The van der Waals surface area contributed by atoms with E-state index < -0.39 is 0 Å². The van der Waals surface area contributed by atoms with Crippen LogP contribution in [0.2, 0.25) is 0 Å². The van der Waals surface area contributed by atoms with Gasteiger partial charge in [0, 0.05) is 18.8 Å². The summed E-state index contributed by atoms with van der Waals surface area (Å²) in [7, 11) is 2.21. The van der Waals surface area contributed by atoms with Crippen molar-refractivity contribution in [3.05, 3.63) is 24.2 Å². The maximum Gasteiger partial charge on any atom is 0.160 e. The Labute approximate surface area is 138 Å². The van der Waals surface area contributed by atoms with Gasteiger partial charge in [-0.15, -0.1) is 0 Å². The van der Waals surface area contributed by atoms with E-state index in [9.17, 15) is 0 Å². The van der Waals surface area contributed by atoms with E-state index in [0.29, 0.717) is 18.1 Å². The molecular weight excluding hydrogens is 286 g/mol. The van der Waals surface area contributed by atoms with Gasteiger partial charge in [-0.25, -0.2) is 9.97 Å². The second-order valence-electron chi connectivity index (χ2n) is 7.38. The van der Waals surface area contributed by atoms with Gasteiger partial charge in [0.25, 0.3) is 0 Å². The zero-order valence-electron chi connectivity index (χ0n) is 14.4. The minimum atomic E-state index is 0.440. The van der Waals surface area contributed by atoms with Crippen LogP contribution in [-0.2, 0) is 0 Å². The molecule has 2 aliphatic heterocycles. The molecule has 0 saturated carbocycles. The van der Waals surface area contributed by atoms with E-state index in [-0.39, 0.29) is 0 Å². The molecule has 0 radical (unpaired) electrons. The van der Waals surface area contributed by atoms with Gasteiger partial charge in [-0.1, -0.05) is 0 Å². The molecule has 2 fully saturated rings. The summed E-state index contributed by atoms with van der Waals surface area (Å²) in [6, 6.07) is 5.61. The summed E-state index contributed by atoms with van der Waals surface area (Å²) in [5.41, 5.74) is 2.12. The first-order valence-corrected chi connectivity index (χ1v) is 8.92. The number of fused-ring (bicyclic) bond motifs is 1. The molecule has 2 aromatic heterocycles. The summed E-state index contributed by atoms with van der Waals surface area (Å²) in [5, 5.41) is 0. The van der Waals surface area contributed by atoms with Gasteiger partial charge in [-0.2, -0.15) is 0 Å². The van der Waals surface area contributed by atoms with Gasteiger partial charge in [-0.3, -0.25) is 4.90 Å². The second kappa shape index (κ2) is 5.87. The minimum absolute atomic E-state index is 0.440. The number of likely N-dealkylation sites (tertiary alicyclic amines) is 2. The highest BCUT2D eigenvalue weighted by molar-refractivity contribution is 5.71. The molecule has 2 aromatic rings. The predicted molar refractivity (Wildman–Crippen MR) is 92.5 cm³/mol. The molecule has 0 N–H and O–H groups in total. The largest absolute Gasteiger partial charge is 0.307 e. The zero-order chi connectivity index (χ0) is 16.0. The summed E-state index contributed by atoms with van der Waals surface area (Å²) in [4.78, 5) is 14.7. The number of aromatic nitrogens is 3. The molecule has 0 amide bonds. The lowest BCUT2D eigenvalue weighted by Crippen LogP contribution is -2.32. The number of nitrogens with zero attached hydrogens (tertiary/aromatic N) is 5. The van der Waals surface area contributed by atoms with Crippen LogP contribution in [0.5, 0.6) is 0 Å². The van der Waals surface area contributed by atoms with Crippen LogP contribution in [0.25, 0.3) is 11.2 Å². The van der Waals surface area contributed by atoms with Gasteiger partial charge < -0.3 is 9.47 Å². The Morgan fingerprint density at radius 1 is 1.22 bits per heavy atom. The monoisotopic (exact) mass is 313 g/mol. The second-order valence-corrected chi connectivity index (χ2v) is 7.38. The van der Waals surface area contributed by atoms with Crippen LogP contribution in [0.3, 0.4) is 0 Å². The van der Waals surface area contributed by atoms with Gasteiger partial charge in [0.05, 0.1) is 12.1 Å². The van der Waals surface area contributed by atoms with Crippen LogP contribution < -0.4 is 0 Å². The van der Waals surface area contributed by atoms with E-state index in [0.717, 1.165) is 24.3 Å². The quantitative estimate of drug-likeness (QED) is 0.873. The first-order chi connectivity index (χ1) is 11.1. The summed E-state index contributed by atoms with van der Waals surface area (Å²) < 4.78 is 2.46. The molecule has 124 valence electrons. The average Bonchev–Trinajstić information content (AvgIpc) is 3.23. The Balaban J connectivity index is 1.82. The van der Waals surface area contributed by atoms with Gasteiger partial charge >= 0.3 is 0 Å². The molecule has 0 aliphatic carbocycles. The maximum absolute atomic E-state index is 5.04. The lowest BCUT2D eigenvalue weighted by Gasteiger charge is -2.29. The van der Waals surface area contributed by atoms with Crippen LogP contribution >= 0.6 is 0 Å². The van der Waals surface area contributed by atoms with Crippen molar-refractivity contribution in [3.63, 3.8) is 0 Å². The molecule has 0 bridgehead atoms. The summed E-state index contributed by atoms with van der Waals surface area (Å²) in [5.74, 6) is 1.24. The Bertz CT molecular complexity index is 692. The van der Waals surface area contributed by atoms with Crippen molar-refractivity contribution in [1.82, 2.24) is 24.3 Å². The molecule has 2 atom stereocenters. The number of imidazole rings is 1. The highest BCUT2D eigenvalue weighted by atomic mass is 15.3. The van der Waals surface area contributed by atoms with E-state index in [1.165, 1.54) is 31.6 Å². The number of pyridine rings is 1. The third kappa shape index (κ3) is 2.56.